The monoisotopic (exact) mass is 411 g/mol. The number of rotatable bonds is 3. The fourth-order valence-corrected chi connectivity index (χ4v) is 3.71. The number of hydrogen-bond acceptors (Lipinski definition) is 7. The Morgan fingerprint density at radius 2 is 1.45 bits per heavy atom. The maximum absolute atomic E-state index is 10.2. The van der Waals surface area contributed by atoms with Gasteiger partial charge < -0.3 is 20.4 Å². The van der Waals surface area contributed by atoms with Crippen molar-refractivity contribution < 1.29 is 20.4 Å². The van der Waals surface area contributed by atoms with Crippen molar-refractivity contribution >= 4 is 33.5 Å². The van der Waals surface area contributed by atoms with Crippen LogP contribution in [0.1, 0.15) is 11.1 Å². The lowest BCUT2D eigenvalue weighted by Gasteiger charge is -2.06. The van der Waals surface area contributed by atoms with E-state index in [2.05, 4.69) is 15.2 Å². The molecule has 31 heavy (non-hydrogen) atoms. The Hall–Kier alpha value is -4.39. The normalized spacial score (nSPS) is 13.0. The van der Waals surface area contributed by atoms with Crippen LogP contribution in [-0.2, 0) is 6.42 Å². The number of phenols is 4. The highest BCUT2D eigenvalue weighted by Gasteiger charge is 2.20. The van der Waals surface area contributed by atoms with E-state index in [0.717, 1.165) is 16.8 Å². The molecule has 1 aliphatic rings. The molecule has 0 unspecified atom stereocenters. The van der Waals surface area contributed by atoms with Gasteiger partial charge in [0.15, 0.2) is 0 Å². The van der Waals surface area contributed by atoms with Crippen LogP contribution >= 0.6 is 0 Å². The quantitative estimate of drug-likeness (QED) is 0.321. The lowest BCUT2D eigenvalue weighted by molar-refractivity contribution is 0.451. The van der Waals surface area contributed by atoms with E-state index >= 15 is 0 Å². The maximum Gasteiger partial charge on any atom is 0.147 e. The molecule has 0 saturated heterocycles. The summed E-state index contributed by atoms with van der Waals surface area (Å²) in [5.41, 5.74) is 3.76. The molecule has 0 aromatic heterocycles. The first-order valence-electron chi connectivity index (χ1n) is 9.58. The molecule has 0 bridgehead atoms. The Morgan fingerprint density at radius 1 is 0.710 bits per heavy atom. The molecular weight excluding hydrogens is 394 g/mol. The number of fused-ring (bicyclic) bond motifs is 2. The van der Waals surface area contributed by atoms with Crippen LogP contribution in [0, 0.1) is 0 Å². The second-order valence-electron chi connectivity index (χ2n) is 7.26. The summed E-state index contributed by atoms with van der Waals surface area (Å²) >= 11 is 0. The molecule has 7 nitrogen and oxygen atoms in total. The molecule has 0 spiro atoms. The van der Waals surface area contributed by atoms with Gasteiger partial charge in [-0.2, -0.15) is 5.11 Å². The molecule has 0 fully saturated rings. The SMILES string of the molecule is Oc1cc(O)c2c(c1)CC(c1ccc(/N=N/c3c(O)cc(O)c4ccccc34)cc1)=N2. The summed E-state index contributed by atoms with van der Waals surface area (Å²) < 4.78 is 0. The van der Waals surface area contributed by atoms with Gasteiger partial charge in [0.2, 0.25) is 0 Å². The van der Waals surface area contributed by atoms with Crippen molar-refractivity contribution in [1.82, 2.24) is 0 Å². The lowest BCUT2D eigenvalue weighted by atomic mass is 10.0. The smallest absolute Gasteiger partial charge is 0.147 e. The fraction of sp³-hybridized carbons (Fsp3) is 0.0417. The van der Waals surface area contributed by atoms with Gasteiger partial charge in [-0.15, -0.1) is 5.11 Å². The maximum atomic E-state index is 10.2. The topological polar surface area (TPSA) is 118 Å². The highest BCUT2D eigenvalue weighted by atomic mass is 16.3. The minimum absolute atomic E-state index is 0.00784. The Labute approximate surface area is 176 Å². The Kier molecular flexibility index (Phi) is 4.29. The van der Waals surface area contributed by atoms with E-state index in [1.165, 1.54) is 12.1 Å². The Bertz CT molecular complexity index is 1390. The standard InChI is InChI=1S/C24H17N3O4/c28-16-9-14-10-19(25-23(14)21(30)11-16)13-5-7-15(8-6-13)26-27-24-18-4-2-1-3-17(18)20(29)12-22(24)31/h1-9,11-12,28-31H,10H2/b27-26+. The van der Waals surface area contributed by atoms with Gasteiger partial charge in [0, 0.05) is 29.3 Å². The molecule has 0 amide bonds. The predicted molar refractivity (Wildman–Crippen MR) is 118 cm³/mol. The van der Waals surface area contributed by atoms with Crippen LogP contribution in [-0.4, -0.2) is 26.1 Å². The van der Waals surface area contributed by atoms with Crippen molar-refractivity contribution in [2.75, 3.05) is 0 Å². The van der Waals surface area contributed by atoms with Crippen LogP contribution in [0.4, 0.5) is 17.1 Å². The van der Waals surface area contributed by atoms with E-state index in [-0.39, 0.29) is 28.7 Å². The Balaban J connectivity index is 1.42. The van der Waals surface area contributed by atoms with Crippen molar-refractivity contribution in [2.24, 2.45) is 15.2 Å². The van der Waals surface area contributed by atoms with Crippen molar-refractivity contribution in [3.05, 3.63) is 77.9 Å². The van der Waals surface area contributed by atoms with Crippen LogP contribution < -0.4 is 0 Å². The average molecular weight is 411 g/mol. The van der Waals surface area contributed by atoms with Gasteiger partial charge in [-0.05, 0) is 29.3 Å². The zero-order valence-electron chi connectivity index (χ0n) is 16.2. The number of nitrogens with zero attached hydrogens (tertiary/aromatic N) is 3. The second kappa shape index (κ2) is 7.14. The van der Waals surface area contributed by atoms with Crippen LogP contribution in [0.25, 0.3) is 10.8 Å². The Morgan fingerprint density at radius 3 is 2.23 bits per heavy atom. The summed E-state index contributed by atoms with van der Waals surface area (Å²) in [5, 5.41) is 49.5. The van der Waals surface area contributed by atoms with Gasteiger partial charge in [-0.25, -0.2) is 4.99 Å². The summed E-state index contributed by atoms with van der Waals surface area (Å²) in [6.45, 7) is 0. The van der Waals surface area contributed by atoms with Crippen molar-refractivity contribution in [3.8, 4) is 23.0 Å². The number of hydrogen-bond donors (Lipinski definition) is 4. The summed E-state index contributed by atoms with van der Waals surface area (Å²) in [6.07, 6.45) is 0.505. The van der Waals surface area contributed by atoms with Gasteiger partial charge in [0.05, 0.1) is 11.4 Å². The van der Waals surface area contributed by atoms with Gasteiger partial charge in [-0.3, -0.25) is 0 Å². The number of benzene rings is 4. The summed E-state index contributed by atoms with van der Waals surface area (Å²) in [5.74, 6) is -0.211. The molecule has 4 aromatic rings. The van der Waals surface area contributed by atoms with Crippen LogP contribution in [0.5, 0.6) is 23.0 Å². The molecule has 1 aliphatic heterocycles. The van der Waals surface area contributed by atoms with E-state index in [1.54, 1.807) is 42.5 Å². The highest BCUT2D eigenvalue weighted by molar-refractivity contribution is 6.07. The molecule has 4 N–H and O–H groups in total. The van der Waals surface area contributed by atoms with Gasteiger partial charge in [0.1, 0.15) is 34.4 Å². The van der Waals surface area contributed by atoms with E-state index < -0.39 is 0 Å². The van der Waals surface area contributed by atoms with Gasteiger partial charge >= 0.3 is 0 Å². The number of azo groups is 1. The number of aromatic hydroxyl groups is 4. The summed E-state index contributed by atoms with van der Waals surface area (Å²) in [7, 11) is 0. The van der Waals surface area contributed by atoms with Crippen LogP contribution in [0.15, 0.2) is 82.0 Å². The molecule has 0 atom stereocenters. The number of phenolic OH excluding ortho intramolecular Hbond substituents is 4. The predicted octanol–water partition coefficient (Wildman–Crippen LogP) is 5.75. The first-order chi connectivity index (χ1) is 15.0. The molecular formula is C24H17N3O4. The third-order valence-electron chi connectivity index (χ3n) is 5.20. The van der Waals surface area contributed by atoms with E-state index in [0.29, 0.717) is 28.6 Å². The molecule has 152 valence electrons. The first-order valence-corrected chi connectivity index (χ1v) is 9.58. The molecule has 0 radical (unpaired) electrons. The molecule has 0 aliphatic carbocycles. The highest BCUT2D eigenvalue weighted by Crippen LogP contribution is 2.42. The summed E-state index contributed by atoms with van der Waals surface area (Å²) in [4.78, 5) is 4.48. The minimum atomic E-state index is -0.155. The molecule has 5 rings (SSSR count). The van der Waals surface area contributed by atoms with Crippen LogP contribution in [0.3, 0.4) is 0 Å². The third-order valence-corrected chi connectivity index (χ3v) is 5.20. The molecule has 1 heterocycles. The fourth-order valence-electron chi connectivity index (χ4n) is 3.71. The van der Waals surface area contributed by atoms with E-state index in [1.807, 2.05) is 12.1 Å². The van der Waals surface area contributed by atoms with Crippen molar-refractivity contribution in [1.29, 1.82) is 0 Å². The molecule has 0 saturated carbocycles. The van der Waals surface area contributed by atoms with Crippen LogP contribution in [0.2, 0.25) is 0 Å². The molecule has 7 heteroatoms. The lowest BCUT2D eigenvalue weighted by Crippen LogP contribution is -1.99. The summed E-state index contributed by atoms with van der Waals surface area (Å²) in [6, 6.07) is 18.5. The third kappa shape index (κ3) is 3.32. The zero-order chi connectivity index (χ0) is 21.5. The molecule has 4 aromatic carbocycles. The van der Waals surface area contributed by atoms with Crippen molar-refractivity contribution in [3.63, 3.8) is 0 Å². The minimum Gasteiger partial charge on any atom is -0.508 e. The zero-order valence-corrected chi connectivity index (χ0v) is 16.2. The van der Waals surface area contributed by atoms with Crippen molar-refractivity contribution in [2.45, 2.75) is 6.42 Å². The number of aliphatic imine (C=N–C) groups is 1. The first kappa shape index (κ1) is 18.6. The van der Waals surface area contributed by atoms with Gasteiger partial charge in [0.25, 0.3) is 0 Å². The largest absolute Gasteiger partial charge is 0.508 e. The average Bonchev–Trinajstić information content (AvgIpc) is 3.18. The second-order valence-corrected chi connectivity index (χ2v) is 7.26. The van der Waals surface area contributed by atoms with E-state index in [9.17, 15) is 20.4 Å². The van der Waals surface area contributed by atoms with E-state index in [4.69, 9.17) is 0 Å². The van der Waals surface area contributed by atoms with Gasteiger partial charge in [-0.1, -0.05) is 36.4 Å².